The van der Waals surface area contributed by atoms with Gasteiger partial charge in [0.1, 0.15) is 6.61 Å². The number of allylic oxidation sites excluding steroid dienone is 1. The lowest BCUT2D eigenvalue weighted by molar-refractivity contribution is 0.240. The smallest absolute Gasteiger partial charge is 0.107 e. The molecule has 0 aliphatic rings. The van der Waals surface area contributed by atoms with E-state index in [0.29, 0.717) is 12.6 Å². The molecule has 0 amide bonds. The van der Waals surface area contributed by atoms with Crippen LogP contribution in [-0.4, -0.2) is 20.3 Å². The van der Waals surface area contributed by atoms with E-state index in [1.165, 1.54) is 16.3 Å². The molecule has 3 heteroatoms. The van der Waals surface area contributed by atoms with Gasteiger partial charge in [-0.15, -0.1) is 12.4 Å². The van der Waals surface area contributed by atoms with Crippen LogP contribution >= 0.6 is 12.4 Å². The first-order chi connectivity index (χ1) is 10.3. The molecule has 1 atom stereocenters. The van der Waals surface area contributed by atoms with Crippen molar-refractivity contribution in [3.05, 3.63) is 60.2 Å². The Hall–Kier alpha value is -1.79. The average molecular weight is 316 g/mol. The summed E-state index contributed by atoms with van der Waals surface area (Å²) in [5, 5.41) is 6.09. The van der Waals surface area contributed by atoms with E-state index in [9.17, 15) is 0 Å². The van der Waals surface area contributed by atoms with Gasteiger partial charge in [0, 0.05) is 19.7 Å². The van der Waals surface area contributed by atoms with E-state index in [-0.39, 0.29) is 12.4 Å². The Morgan fingerprint density at radius 1 is 1.18 bits per heavy atom. The third-order valence-corrected chi connectivity index (χ3v) is 3.35. The topological polar surface area (TPSA) is 21.3 Å². The second kappa shape index (κ2) is 10.0. The van der Waals surface area contributed by atoms with Crippen molar-refractivity contribution in [2.24, 2.45) is 0 Å². The molecule has 0 saturated carbocycles. The largest absolute Gasteiger partial charge is 0.372 e. The summed E-state index contributed by atoms with van der Waals surface area (Å²) >= 11 is 0. The van der Waals surface area contributed by atoms with Crippen LogP contribution in [0.1, 0.15) is 18.5 Å². The first kappa shape index (κ1) is 18.3. The van der Waals surface area contributed by atoms with Crippen LogP contribution in [0, 0.1) is 11.8 Å². The summed E-state index contributed by atoms with van der Waals surface area (Å²) in [4.78, 5) is 0. The van der Waals surface area contributed by atoms with Crippen molar-refractivity contribution < 1.29 is 4.74 Å². The Labute approximate surface area is 139 Å². The lowest BCUT2D eigenvalue weighted by Gasteiger charge is -2.15. The first-order valence-corrected chi connectivity index (χ1v) is 7.16. The molecule has 2 rings (SSSR count). The molecule has 0 radical (unpaired) electrons. The fourth-order valence-electron chi connectivity index (χ4n) is 2.27. The monoisotopic (exact) mass is 315 g/mol. The van der Waals surface area contributed by atoms with Crippen molar-refractivity contribution in [2.45, 2.75) is 13.0 Å². The number of methoxy groups -OCH3 is 1. The van der Waals surface area contributed by atoms with Crippen molar-refractivity contribution in [3.63, 3.8) is 0 Å². The molecule has 2 aromatic carbocycles. The SMILES string of the molecule is COCC#C/C=C/CNC(C)c1cccc2ccccc12.Cl. The number of fused-ring (bicyclic) bond motifs is 1. The second-order valence-corrected chi connectivity index (χ2v) is 4.85. The zero-order valence-electron chi connectivity index (χ0n) is 13.0. The molecular weight excluding hydrogens is 294 g/mol. The molecule has 0 fully saturated rings. The summed E-state index contributed by atoms with van der Waals surface area (Å²) in [5.41, 5.74) is 1.33. The normalized spacial score (nSPS) is 11.7. The van der Waals surface area contributed by atoms with Crippen LogP contribution in [0.4, 0.5) is 0 Å². The van der Waals surface area contributed by atoms with Crippen molar-refractivity contribution in [1.82, 2.24) is 5.32 Å². The van der Waals surface area contributed by atoms with Crippen LogP contribution in [-0.2, 0) is 4.74 Å². The van der Waals surface area contributed by atoms with E-state index in [4.69, 9.17) is 4.74 Å². The molecule has 0 spiro atoms. The highest BCUT2D eigenvalue weighted by Crippen LogP contribution is 2.23. The fourth-order valence-corrected chi connectivity index (χ4v) is 2.27. The maximum absolute atomic E-state index is 4.86. The molecule has 0 aliphatic heterocycles. The van der Waals surface area contributed by atoms with Crippen molar-refractivity contribution >= 4 is 23.2 Å². The summed E-state index contributed by atoms with van der Waals surface area (Å²) in [6, 6.07) is 15.2. The number of rotatable bonds is 5. The number of ether oxygens (including phenoxy) is 1. The van der Waals surface area contributed by atoms with Gasteiger partial charge in [-0.3, -0.25) is 0 Å². The van der Waals surface area contributed by atoms with Gasteiger partial charge in [0.2, 0.25) is 0 Å². The maximum atomic E-state index is 4.86. The highest BCUT2D eigenvalue weighted by Gasteiger charge is 2.07. The summed E-state index contributed by atoms with van der Waals surface area (Å²) < 4.78 is 4.86. The molecule has 0 saturated heterocycles. The lowest BCUT2D eigenvalue weighted by Crippen LogP contribution is -2.18. The van der Waals surface area contributed by atoms with E-state index in [2.05, 4.69) is 66.5 Å². The van der Waals surface area contributed by atoms with Crippen molar-refractivity contribution in [1.29, 1.82) is 0 Å². The molecule has 0 heterocycles. The zero-order valence-corrected chi connectivity index (χ0v) is 13.8. The van der Waals surface area contributed by atoms with E-state index >= 15 is 0 Å². The van der Waals surface area contributed by atoms with Gasteiger partial charge in [-0.05, 0) is 29.3 Å². The summed E-state index contributed by atoms with van der Waals surface area (Å²) in [6.07, 6.45) is 3.89. The predicted octanol–water partition coefficient (Wildman–Crippen LogP) is 4.12. The molecule has 1 unspecified atom stereocenters. The standard InChI is InChI=1S/C19H21NO.ClH/c1-16(20-14-7-3-4-8-15-21-2)18-13-9-11-17-10-5-6-12-19(17)18;/h3,5-7,9-13,16,20H,14-15H2,1-2H3;1H/b7-3+;. The molecular formula is C19H22ClNO. The summed E-state index contributed by atoms with van der Waals surface area (Å²) in [5.74, 6) is 5.83. The van der Waals surface area contributed by atoms with Gasteiger partial charge < -0.3 is 10.1 Å². The third kappa shape index (κ3) is 5.20. The van der Waals surface area contributed by atoms with E-state index in [0.717, 1.165) is 6.54 Å². The van der Waals surface area contributed by atoms with Gasteiger partial charge in [0.15, 0.2) is 0 Å². The number of nitrogens with one attached hydrogen (secondary N) is 1. The molecule has 2 aromatic rings. The van der Waals surface area contributed by atoms with Crippen LogP contribution < -0.4 is 5.32 Å². The fraction of sp³-hybridized carbons (Fsp3) is 0.263. The van der Waals surface area contributed by atoms with Gasteiger partial charge in [0.05, 0.1) is 0 Å². The molecule has 0 aromatic heterocycles. The van der Waals surface area contributed by atoms with E-state index < -0.39 is 0 Å². The molecule has 1 N–H and O–H groups in total. The van der Waals surface area contributed by atoms with Gasteiger partial charge in [-0.2, -0.15) is 0 Å². The third-order valence-electron chi connectivity index (χ3n) is 3.35. The minimum Gasteiger partial charge on any atom is -0.372 e. The highest BCUT2D eigenvalue weighted by atomic mass is 35.5. The van der Waals surface area contributed by atoms with E-state index in [1.54, 1.807) is 7.11 Å². The number of hydrogen-bond acceptors (Lipinski definition) is 2. The van der Waals surface area contributed by atoms with Crippen LogP contribution in [0.15, 0.2) is 54.6 Å². The van der Waals surface area contributed by atoms with Gasteiger partial charge in [-0.1, -0.05) is 60.4 Å². The molecule has 22 heavy (non-hydrogen) atoms. The Morgan fingerprint density at radius 2 is 1.95 bits per heavy atom. The average Bonchev–Trinajstić information content (AvgIpc) is 2.53. The Kier molecular flexibility index (Phi) is 8.32. The van der Waals surface area contributed by atoms with Crippen LogP contribution in [0.25, 0.3) is 10.8 Å². The van der Waals surface area contributed by atoms with Crippen LogP contribution in [0.5, 0.6) is 0 Å². The van der Waals surface area contributed by atoms with Crippen molar-refractivity contribution in [3.8, 4) is 11.8 Å². The zero-order chi connectivity index (χ0) is 14.9. The first-order valence-electron chi connectivity index (χ1n) is 7.16. The van der Waals surface area contributed by atoms with Crippen LogP contribution in [0.2, 0.25) is 0 Å². The minimum absolute atomic E-state index is 0. The second-order valence-electron chi connectivity index (χ2n) is 4.85. The number of benzene rings is 2. The van der Waals surface area contributed by atoms with Crippen molar-refractivity contribution in [2.75, 3.05) is 20.3 Å². The van der Waals surface area contributed by atoms with Gasteiger partial charge >= 0.3 is 0 Å². The van der Waals surface area contributed by atoms with Gasteiger partial charge in [0.25, 0.3) is 0 Å². The lowest BCUT2D eigenvalue weighted by atomic mass is 10.00. The molecule has 116 valence electrons. The van der Waals surface area contributed by atoms with Gasteiger partial charge in [-0.25, -0.2) is 0 Å². The minimum atomic E-state index is 0. The highest BCUT2D eigenvalue weighted by molar-refractivity contribution is 5.86. The number of hydrogen-bond donors (Lipinski definition) is 1. The molecule has 2 nitrogen and oxygen atoms in total. The Morgan fingerprint density at radius 3 is 2.77 bits per heavy atom. The quantitative estimate of drug-likeness (QED) is 0.838. The predicted molar refractivity (Wildman–Crippen MR) is 96.4 cm³/mol. The summed E-state index contributed by atoms with van der Waals surface area (Å²) in [7, 11) is 1.64. The van der Waals surface area contributed by atoms with Crippen LogP contribution in [0.3, 0.4) is 0 Å². The Balaban J connectivity index is 0.00000242. The molecule has 0 bridgehead atoms. The number of halogens is 1. The molecule has 0 aliphatic carbocycles. The Bertz CT molecular complexity index is 664. The summed E-state index contributed by atoms with van der Waals surface area (Å²) in [6.45, 7) is 3.46. The van der Waals surface area contributed by atoms with E-state index in [1.807, 2.05) is 12.2 Å². The maximum Gasteiger partial charge on any atom is 0.107 e.